The molecule has 29 heavy (non-hydrogen) atoms. The SMILES string of the molecule is COC(=O)c1cc(F)c2c(c1)nc(-c1cc3ccnc(Cl)c3n1CC1CC1)n2C. The molecule has 1 saturated carbocycles. The third kappa shape index (κ3) is 2.88. The van der Waals surface area contributed by atoms with Crippen molar-refractivity contribution in [3.05, 3.63) is 47.0 Å². The number of imidazole rings is 1. The summed E-state index contributed by atoms with van der Waals surface area (Å²) in [5.74, 6) is 0.0826. The molecule has 1 aromatic carbocycles. The zero-order valence-corrected chi connectivity index (χ0v) is 16.7. The fraction of sp³-hybridized carbons (Fsp3) is 0.286. The number of benzene rings is 1. The van der Waals surface area contributed by atoms with Gasteiger partial charge in [0.2, 0.25) is 0 Å². The van der Waals surface area contributed by atoms with Crippen molar-refractivity contribution < 1.29 is 13.9 Å². The minimum Gasteiger partial charge on any atom is -0.465 e. The van der Waals surface area contributed by atoms with E-state index in [1.54, 1.807) is 23.9 Å². The highest BCUT2D eigenvalue weighted by Gasteiger charge is 2.27. The zero-order valence-electron chi connectivity index (χ0n) is 15.9. The monoisotopic (exact) mass is 412 g/mol. The number of hydrogen-bond donors (Lipinski definition) is 0. The van der Waals surface area contributed by atoms with E-state index in [2.05, 4.69) is 14.5 Å². The molecule has 6 nitrogen and oxygen atoms in total. The van der Waals surface area contributed by atoms with Crippen LogP contribution in [0, 0.1) is 11.7 Å². The van der Waals surface area contributed by atoms with Crippen molar-refractivity contribution in [2.45, 2.75) is 19.4 Å². The summed E-state index contributed by atoms with van der Waals surface area (Å²) < 4.78 is 23.4. The molecule has 1 fully saturated rings. The molecule has 5 rings (SSSR count). The Hall–Kier alpha value is -2.93. The number of esters is 1. The number of carbonyl (C=O) groups excluding carboxylic acids is 1. The average Bonchev–Trinajstić information content (AvgIpc) is 3.35. The quantitative estimate of drug-likeness (QED) is 0.363. The zero-order chi connectivity index (χ0) is 20.3. The van der Waals surface area contributed by atoms with E-state index in [4.69, 9.17) is 16.3 Å². The summed E-state index contributed by atoms with van der Waals surface area (Å²) in [5, 5.41) is 1.40. The van der Waals surface area contributed by atoms with Crippen LogP contribution in [0.4, 0.5) is 4.39 Å². The van der Waals surface area contributed by atoms with Crippen LogP contribution in [0.5, 0.6) is 0 Å². The standard InChI is InChI=1S/C21H18ClFN4O2/c1-26-18-14(23)7-13(21(28)29-2)8-15(18)25-20(26)16-9-12-5-6-24-19(22)17(12)27(16)10-11-3-4-11/h5-9,11H,3-4,10H2,1-2H3. The molecule has 0 aliphatic heterocycles. The van der Waals surface area contributed by atoms with Crippen molar-refractivity contribution in [3.63, 3.8) is 0 Å². The summed E-state index contributed by atoms with van der Waals surface area (Å²) in [7, 11) is 3.03. The molecular weight excluding hydrogens is 395 g/mol. The van der Waals surface area contributed by atoms with Crippen LogP contribution >= 0.6 is 11.6 Å². The molecule has 0 bridgehead atoms. The third-order valence-corrected chi connectivity index (χ3v) is 5.75. The van der Waals surface area contributed by atoms with Crippen molar-refractivity contribution in [3.8, 4) is 11.5 Å². The second-order valence-corrected chi connectivity index (χ2v) is 7.79. The summed E-state index contributed by atoms with van der Waals surface area (Å²) in [6.07, 6.45) is 4.03. The van der Waals surface area contributed by atoms with Gasteiger partial charge in [-0.2, -0.15) is 0 Å². The largest absolute Gasteiger partial charge is 0.465 e. The lowest BCUT2D eigenvalue weighted by Gasteiger charge is -2.11. The number of aryl methyl sites for hydroxylation is 1. The maximum absolute atomic E-state index is 14.8. The molecular formula is C21H18ClFN4O2. The van der Waals surface area contributed by atoms with E-state index in [1.807, 2.05) is 12.1 Å². The first-order valence-electron chi connectivity index (χ1n) is 9.36. The molecule has 0 saturated heterocycles. The Morgan fingerprint density at radius 1 is 1.31 bits per heavy atom. The van der Waals surface area contributed by atoms with Gasteiger partial charge >= 0.3 is 5.97 Å². The number of nitrogens with zero attached hydrogens (tertiary/aromatic N) is 4. The van der Waals surface area contributed by atoms with E-state index in [0.29, 0.717) is 27.9 Å². The Morgan fingerprint density at radius 3 is 2.83 bits per heavy atom. The second-order valence-electron chi connectivity index (χ2n) is 7.43. The Bertz CT molecular complexity index is 1290. The van der Waals surface area contributed by atoms with Gasteiger partial charge in [0, 0.05) is 25.2 Å². The van der Waals surface area contributed by atoms with Gasteiger partial charge in [0.05, 0.1) is 29.4 Å². The number of rotatable bonds is 4. The molecule has 0 N–H and O–H groups in total. The van der Waals surface area contributed by atoms with Gasteiger partial charge in [0.1, 0.15) is 11.3 Å². The lowest BCUT2D eigenvalue weighted by Crippen LogP contribution is -2.05. The van der Waals surface area contributed by atoms with Crippen LogP contribution in [0.2, 0.25) is 5.15 Å². The first-order valence-corrected chi connectivity index (χ1v) is 9.74. The van der Waals surface area contributed by atoms with Gasteiger partial charge in [0.15, 0.2) is 11.0 Å². The number of ether oxygens (including phenoxy) is 1. The molecule has 0 amide bonds. The van der Waals surface area contributed by atoms with Gasteiger partial charge in [-0.15, -0.1) is 0 Å². The van der Waals surface area contributed by atoms with Gasteiger partial charge in [-0.1, -0.05) is 11.6 Å². The predicted octanol–water partition coefficient (Wildman–Crippen LogP) is 4.58. The smallest absolute Gasteiger partial charge is 0.338 e. The lowest BCUT2D eigenvalue weighted by atomic mass is 10.2. The predicted molar refractivity (Wildman–Crippen MR) is 108 cm³/mol. The molecule has 0 radical (unpaired) electrons. The van der Waals surface area contributed by atoms with E-state index in [0.717, 1.165) is 23.1 Å². The summed E-state index contributed by atoms with van der Waals surface area (Å²) in [6.45, 7) is 0.809. The van der Waals surface area contributed by atoms with Crippen molar-refractivity contribution in [2.75, 3.05) is 7.11 Å². The highest BCUT2D eigenvalue weighted by atomic mass is 35.5. The van der Waals surface area contributed by atoms with Crippen LogP contribution in [0.3, 0.4) is 0 Å². The number of hydrogen-bond acceptors (Lipinski definition) is 4. The van der Waals surface area contributed by atoms with Crippen LogP contribution in [0.1, 0.15) is 23.2 Å². The van der Waals surface area contributed by atoms with Crippen molar-refractivity contribution in [1.29, 1.82) is 0 Å². The number of pyridine rings is 1. The Morgan fingerprint density at radius 2 is 2.10 bits per heavy atom. The Balaban J connectivity index is 1.76. The summed E-state index contributed by atoms with van der Waals surface area (Å²) in [5.41, 5.74) is 2.57. The highest BCUT2D eigenvalue weighted by Crippen LogP contribution is 2.38. The molecule has 1 aliphatic rings. The molecule has 0 unspecified atom stereocenters. The van der Waals surface area contributed by atoms with E-state index in [-0.39, 0.29) is 5.56 Å². The van der Waals surface area contributed by atoms with Crippen LogP contribution in [-0.4, -0.2) is 32.2 Å². The van der Waals surface area contributed by atoms with E-state index in [1.165, 1.54) is 26.0 Å². The van der Waals surface area contributed by atoms with Crippen molar-refractivity contribution in [2.24, 2.45) is 13.0 Å². The molecule has 0 spiro atoms. The first-order chi connectivity index (χ1) is 14.0. The topological polar surface area (TPSA) is 61.9 Å². The van der Waals surface area contributed by atoms with Crippen LogP contribution in [0.25, 0.3) is 33.5 Å². The summed E-state index contributed by atoms with van der Waals surface area (Å²) in [6, 6.07) is 6.65. The molecule has 3 heterocycles. The Kier molecular flexibility index (Phi) is 4.10. The third-order valence-electron chi connectivity index (χ3n) is 5.47. The molecule has 0 atom stereocenters. The van der Waals surface area contributed by atoms with Crippen LogP contribution in [0.15, 0.2) is 30.5 Å². The Labute approximate surface area is 170 Å². The normalized spacial score (nSPS) is 14.1. The van der Waals surface area contributed by atoms with Gasteiger partial charge in [-0.3, -0.25) is 0 Å². The number of carbonyl (C=O) groups is 1. The minimum absolute atomic E-state index is 0.132. The number of halogens is 2. The minimum atomic E-state index is -0.598. The fourth-order valence-corrected chi connectivity index (χ4v) is 4.13. The molecule has 1 aliphatic carbocycles. The van der Waals surface area contributed by atoms with Crippen LogP contribution in [-0.2, 0) is 18.3 Å². The number of aromatic nitrogens is 4. The van der Waals surface area contributed by atoms with E-state index in [9.17, 15) is 9.18 Å². The van der Waals surface area contributed by atoms with Gasteiger partial charge in [-0.25, -0.2) is 19.2 Å². The highest BCUT2D eigenvalue weighted by molar-refractivity contribution is 6.34. The van der Waals surface area contributed by atoms with E-state index < -0.39 is 11.8 Å². The summed E-state index contributed by atoms with van der Waals surface area (Å²) >= 11 is 6.41. The van der Waals surface area contributed by atoms with E-state index >= 15 is 0 Å². The second kappa shape index (κ2) is 6.56. The number of methoxy groups -OCH3 is 1. The number of fused-ring (bicyclic) bond motifs is 2. The molecule has 148 valence electrons. The fourth-order valence-electron chi connectivity index (χ4n) is 3.87. The van der Waals surface area contributed by atoms with Crippen molar-refractivity contribution >= 4 is 39.5 Å². The maximum Gasteiger partial charge on any atom is 0.338 e. The average molecular weight is 413 g/mol. The molecule has 3 aromatic heterocycles. The van der Waals surface area contributed by atoms with Crippen molar-refractivity contribution in [1.82, 2.24) is 19.1 Å². The van der Waals surface area contributed by atoms with Gasteiger partial charge in [0.25, 0.3) is 0 Å². The van der Waals surface area contributed by atoms with Crippen LogP contribution < -0.4 is 0 Å². The molecule has 4 aromatic rings. The van der Waals surface area contributed by atoms with Gasteiger partial charge < -0.3 is 13.9 Å². The van der Waals surface area contributed by atoms with Gasteiger partial charge in [-0.05, 0) is 43.0 Å². The molecule has 8 heteroatoms. The lowest BCUT2D eigenvalue weighted by molar-refractivity contribution is 0.0600. The maximum atomic E-state index is 14.8. The first kappa shape index (κ1) is 18.1. The summed E-state index contributed by atoms with van der Waals surface area (Å²) in [4.78, 5) is 20.8.